The zero-order valence-corrected chi connectivity index (χ0v) is 23.5. The van der Waals surface area contributed by atoms with E-state index in [2.05, 4.69) is 19.2 Å². The van der Waals surface area contributed by atoms with E-state index in [9.17, 15) is 18.0 Å². The number of nitrogens with one attached hydrogen (secondary N) is 2. The summed E-state index contributed by atoms with van der Waals surface area (Å²) in [7, 11) is -3.63. The Morgan fingerprint density at radius 2 is 1.75 bits per heavy atom. The molecule has 2 heterocycles. The second-order valence-electron chi connectivity index (χ2n) is 9.30. The van der Waals surface area contributed by atoms with Crippen LogP contribution in [0.15, 0.2) is 29.2 Å². The molecule has 2 N–H and O–H groups in total. The lowest BCUT2D eigenvalue weighted by atomic mass is 10.0. The summed E-state index contributed by atoms with van der Waals surface area (Å²) < 4.78 is 32.8. The number of hydrogen-bond donors (Lipinski definition) is 2. The molecule has 1 aromatic carbocycles. The number of esters is 1. The molecule has 1 amide bonds. The van der Waals surface area contributed by atoms with Crippen LogP contribution in [-0.2, 0) is 27.7 Å². The highest BCUT2D eigenvalue weighted by molar-refractivity contribution is 7.89. The third-order valence-corrected chi connectivity index (χ3v) is 9.46. The van der Waals surface area contributed by atoms with Gasteiger partial charge in [0.2, 0.25) is 10.0 Å². The molecule has 0 spiro atoms. The van der Waals surface area contributed by atoms with Gasteiger partial charge in [0.05, 0.1) is 34.5 Å². The van der Waals surface area contributed by atoms with Crippen molar-refractivity contribution in [3.05, 3.63) is 45.8 Å². The average Bonchev–Trinajstić information content (AvgIpc) is 3.21. The third kappa shape index (κ3) is 6.16. The average molecular weight is 537 g/mol. The van der Waals surface area contributed by atoms with Gasteiger partial charge in [-0.2, -0.15) is 4.31 Å². The molecule has 0 aliphatic carbocycles. The molecule has 1 atom stereocenters. The van der Waals surface area contributed by atoms with Gasteiger partial charge < -0.3 is 15.0 Å². The maximum atomic E-state index is 13.1. The first-order valence-corrected chi connectivity index (χ1v) is 15.0. The van der Waals surface area contributed by atoms with Crippen molar-refractivity contribution in [2.45, 2.75) is 71.4 Å². The van der Waals surface area contributed by atoms with Gasteiger partial charge in [0.1, 0.15) is 11.5 Å². The van der Waals surface area contributed by atoms with Crippen LogP contribution in [-0.4, -0.2) is 56.9 Å². The predicted octanol–water partition coefficient (Wildman–Crippen LogP) is 3.34. The number of nitrogens with zero attached hydrogens (tertiary/aromatic N) is 1. The van der Waals surface area contributed by atoms with Crippen molar-refractivity contribution in [1.82, 2.24) is 4.31 Å². The molecule has 36 heavy (non-hydrogen) atoms. The van der Waals surface area contributed by atoms with E-state index in [1.54, 1.807) is 6.92 Å². The lowest BCUT2D eigenvalue weighted by Gasteiger charge is -2.27. The third-order valence-electron chi connectivity index (χ3n) is 6.40. The van der Waals surface area contributed by atoms with Crippen LogP contribution in [0.1, 0.15) is 78.6 Å². The summed E-state index contributed by atoms with van der Waals surface area (Å²) in [6.07, 6.45) is 2.20. The van der Waals surface area contributed by atoms with Crippen LogP contribution >= 0.6 is 11.3 Å². The minimum Gasteiger partial charge on any atom is -0.462 e. The lowest BCUT2D eigenvalue weighted by molar-refractivity contribution is -0.936. The molecule has 1 aliphatic rings. The molecule has 0 fully saturated rings. The van der Waals surface area contributed by atoms with Crippen LogP contribution in [0.25, 0.3) is 0 Å². The number of hydrogen-bond acceptors (Lipinski definition) is 6. The Morgan fingerprint density at radius 3 is 2.31 bits per heavy atom. The molecule has 0 bridgehead atoms. The standard InChI is InChI=1S/C26H37N3O5S2/c1-6-14-29(15-7-2)36(32,33)20-11-9-19(10-12-20)24(30)27-25-23(26(31)34-8-3)21-13-16-28(18(4)5)17-22(21)35-25/h9-12,18H,6-8,13-17H2,1-5H3,(H,27,30)/p+1. The van der Waals surface area contributed by atoms with Gasteiger partial charge in [0.25, 0.3) is 5.91 Å². The Bertz CT molecular complexity index is 1170. The molecule has 0 saturated carbocycles. The second kappa shape index (κ2) is 12.3. The normalized spacial score (nSPS) is 15.7. The van der Waals surface area contributed by atoms with Gasteiger partial charge in [-0.15, -0.1) is 11.3 Å². The zero-order valence-electron chi connectivity index (χ0n) is 21.8. The van der Waals surface area contributed by atoms with Crippen molar-refractivity contribution in [2.24, 2.45) is 0 Å². The fourth-order valence-corrected chi connectivity index (χ4v) is 7.36. The van der Waals surface area contributed by atoms with Gasteiger partial charge in [0.15, 0.2) is 0 Å². The molecule has 10 heteroatoms. The number of amides is 1. The van der Waals surface area contributed by atoms with Gasteiger partial charge >= 0.3 is 5.97 Å². The van der Waals surface area contributed by atoms with Gasteiger partial charge in [-0.3, -0.25) is 4.79 Å². The van der Waals surface area contributed by atoms with Crippen LogP contribution < -0.4 is 10.2 Å². The van der Waals surface area contributed by atoms with E-state index in [4.69, 9.17) is 4.74 Å². The summed E-state index contributed by atoms with van der Waals surface area (Å²) in [6.45, 7) is 12.9. The van der Waals surface area contributed by atoms with Gasteiger partial charge in [-0.1, -0.05) is 13.8 Å². The summed E-state index contributed by atoms with van der Waals surface area (Å²) in [5.74, 6) is -0.818. The molecule has 1 unspecified atom stereocenters. The van der Waals surface area contributed by atoms with Crippen molar-refractivity contribution < 1.29 is 27.6 Å². The highest BCUT2D eigenvalue weighted by atomic mass is 32.2. The maximum Gasteiger partial charge on any atom is 0.341 e. The lowest BCUT2D eigenvalue weighted by Crippen LogP contribution is -3.14. The van der Waals surface area contributed by atoms with Crippen molar-refractivity contribution >= 4 is 38.2 Å². The van der Waals surface area contributed by atoms with Crippen molar-refractivity contribution in [3.63, 3.8) is 0 Å². The van der Waals surface area contributed by atoms with Gasteiger partial charge in [-0.25, -0.2) is 13.2 Å². The summed E-state index contributed by atoms with van der Waals surface area (Å²) >= 11 is 1.43. The SMILES string of the molecule is CCCN(CCC)S(=O)(=O)c1ccc(C(=O)Nc2sc3c(c2C(=O)OCC)CC[NH+](C(C)C)C3)cc1. The highest BCUT2D eigenvalue weighted by Crippen LogP contribution is 2.35. The number of quaternary nitrogens is 1. The number of sulfonamides is 1. The number of rotatable bonds is 11. The number of fused-ring (bicyclic) bond motifs is 1. The zero-order chi connectivity index (χ0) is 26.5. The van der Waals surface area contributed by atoms with Gasteiger partial charge in [0, 0.05) is 25.1 Å². The molecule has 1 aromatic heterocycles. The quantitative estimate of drug-likeness (QED) is 0.430. The minimum atomic E-state index is -3.63. The van der Waals surface area contributed by atoms with E-state index in [0.29, 0.717) is 35.3 Å². The Hall–Kier alpha value is -2.27. The Labute approximate surface area is 218 Å². The second-order valence-corrected chi connectivity index (χ2v) is 12.3. The Kier molecular flexibility index (Phi) is 9.68. The Morgan fingerprint density at radius 1 is 1.11 bits per heavy atom. The summed E-state index contributed by atoms with van der Waals surface area (Å²) in [6, 6.07) is 6.43. The van der Waals surface area contributed by atoms with E-state index >= 15 is 0 Å². The topological polar surface area (TPSA) is 97.2 Å². The number of anilines is 1. The van der Waals surface area contributed by atoms with Crippen molar-refractivity contribution in [3.8, 4) is 0 Å². The van der Waals surface area contributed by atoms with Crippen LogP contribution in [0.2, 0.25) is 0 Å². The monoisotopic (exact) mass is 536 g/mol. The van der Waals surface area contributed by atoms with Crippen LogP contribution in [0.3, 0.4) is 0 Å². The Balaban J connectivity index is 1.86. The molecular formula is C26H38N3O5S2+. The number of carbonyl (C=O) groups excluding carboxylic acids is 2. The highest BCUT2D eigenvalue weighted by Gasteiger charge is 2.32. The fraction of sp³-hybridized carbons (Fsp3) is 0.538. The first-order valence-electron chi connectivity index (χ1n) is 12.7. The first-order chi connectivity index (χ1) is 17.1. The summed E-state index contributed by atoms with van der Waals surface area (Å²) in [4.78, 5) is 28.6. The number of benzene rings is 1. The number of ether oxygens (including phenoxy) is 1. The molecular weight excluding hydrogens is 498 g/mol. The number of carbonyl (C=O) groups is 2. The molecule has 1 aliphatic heterocycles. The van der Waals surface area contributed by atoms with Crippen LogP contribution in [0, 0.1) is 0 Å². The smallest absolute Gasteiger partial charge is 0.341 e. The van der Waals surface area contributed by atoms with Crippen LogP contribution in [0.4, 0.5) is 5.00 Å². The van der Waals surface area contributed by atoms with E-state index < -0.39 is 21.9 Å². The number of thiophene rings is 1. The van der Waals surface area contributed by atoms with Gasteiger partial charge in [-0.05, 0) is 63.4 Å². The molecule has 198 valence electrons. The largest absolute Gasteiger partial charge is 0.462 e. The summed E-state index contributed by atoms with van der Waals surface area (Å²) in [5, 5.41) is 3.39. The fourth-order valence-electron chi connectivity index (χ4n) is 4.45. The van der Waals surface area contributed by atoms with E-state index in [1.807, 2.05) is 13.8 Å². The van der Waals surface area contributed by atoms with E-state index in [1.165, 1.54) is 44.8 Å². The molecule has 8 nitrogen and oxygen atoms in total. The van der Waals surface area contributed by atoms with E-state index in [-0.39, 0.29) is 11.5 Å². The molecule has 2 aromatic rings. The molecule has 0 saturated heterocycles. The van der Waals surface area contributed by atoms with E-state index in [0.717, 1.165) is 42.8 Å². The van der Waals surface area contributed by atoms with Crippen molar-refractivity contribution in [1.29, 1.82) is 0 Å². The predicted molar refractivity (Wildman–Crippen MR) is 142 cm³/mol. The van der Waals surface area contributed by atoms with Crippen molar-refractivity contribution in [2.75, 3.05) is 31.6 Å². The minimum absolute atomic E-state index is 0.163. The molecule has 3 rings (SSSR count). The molecule has 0 radical (unpaired) electrons. The summed E-state index contributed by atoms with van der Waals surface area (Å²) in [5.41, 5.74) is 1.73. The first kappa shape index (κ1) is 28.3. The maximum absolute atomic E-state index is 13.1. The van der Waals surface area contributed by atoms with Crippen LogP contribution in [0.5, 0.6) is 0 Å².